The Morgan fingerprint density at radius 2 is 2.29 bits per heavy atom. The highest BCUT2D eigenvalue weighted by Crippen LogP contribution is 2.21. The van der Waals surface area contributed by atoms with Gasteiger partial charge in [0.05, 0.1) is 12.1 Å². The Hall–Kier alpha value is -1.10. The Labute approximate surface area is 106 Å². The molecule has 1 saturated heterocycles. The van der Waals surface area contributed by atoms with Crippen LogP contribution in [0.15, 0.2) is 5.38 Å². The number of hydrogen-bond donors (Lipinski definition) is 1. The standard InChI is InChI=1S/C12H19N3OS/c1-2-9-3-5-15(6-4-9)11(16)7-10-8-17-12(13)14-10/h8-9H,2-7H2,1H3,(H2,13,14). The molecule has 0 aliphatic carbocycles. The van der Waals surface area contributed by atoms with Crippen LogP contribution in [0, 0.1) is 5.92 Å². The van der Waals surface area contributed by atoms with Crippen molar-refractivity contribution < 1.29 is 4.79 Å². The number of nitrogen functional groups attached to an aromatic ring is 1. The number of nitrogens with two attached hydrogens (primary N) is 1. The summed E-state index contributed by atoms with van der Waals surface area (Å²) in [4.78, 5) is 18.1. The van der Waals surface area contributed by atoms with E-state index in [0.29, 0.717) is 11.6 Å². The molecule has 1 amide bonds. The zero-order chi connectivity index (χ0) is 12.3. The SMILES string of the molecule is CCC1CCN(C(=O)Cc2csc(N)n2)CC1. The summed E-state index contributed by atoms with van der Waals surface area (Å²) in [5.41, 5.74) is 6.35. The maximum absolute atomic E-state index is 12.0. The summed E-state index contributed by atoms with van der Waals surface area (Å²) in [6, 6.07) is 0. The fraction of sp³-hybridized carbons (Fsp3) is 0.667. The summed E-state index contributed by atoms with van der Waals surface area (Å²) in [6.07, 6.45) is 3.90. The highest BCUT2D eigenvalue weighted by atomic mass is 32.1. The third kappa shape index (κ3) is 3.19. The number of hydrogen-bond acceptors (Lipinski definition) is 4. The van der Waals surface area contributed by atoms with Crippen molar-refractivity contribution in [2.24, 2.45) is 5.92 Å². The normalized spacial score (nSPS) is 17.4. The van der Waals surface area contributed by atoms with Gasteiger partial charge in [0.25, 0.3) is 0 Å². The molecule has 1 aromatic rings. The van der Waals surface area contributed by atoms with Crippen LogP contribution in [0.2, 0.25) is 0 Å². The minimum Gasteiger partial charge on any atom is -0.375 e. The highest BCUT2D eigenvalue weighted by Gasteiger charge is 2.22. The molecule has 94 valence electrons. The molecule has 0 unspecified atom stereocenters. The number of carbonyl (C=O) groups is 1. The van der Waals surface area contributed by atoms with E-state index in [4.69, 9.17) is 5.73 Å². The molecule has 0 radical (unpaired) electrons. The summed E-state index contributed by atoms with van der Waals surface area (Å²) < 4.78 is 0. The molecule has 0 bridgehead atoms. The van der Waals surface area contributed by atoms with Crippen molar-refractivity contribution in [3.63, 3.8) is 0 Å². The minimum absolute atomic E-state index is 0.185. The lowest BCUT2D eigenvalue weighted by Crippen LogP contribution is -2.39. The smallest absolute Gasteiger partial charge is 0.228 e. The third-order valence-corrected chi connectivity index (χ3v) is 4.17. The number of amides is 1. The molecule has 17 heavy (non-hydrogen) atoms. The largest absolute Gasteiger partial charge is 0.375 e. The van der Waals surface area contributed by atoms with Gasteiger partial charge in [0, 0.05) is 18.5 Å². The molecular formula is C12H19N3OS. The quantitative estimate of drug-likeness (QED) is 0.895. The van der Waals surface area contributed by atoms with E-state index in [9.17, 15) is 4.79 Å². The van der Waals surface area contributed by atoms with Crippen molar-refractivity contribution in [3.05, 3.63) is 11.1 Å². The fourth-order valence-corrected chi connectivity index (χ4v) is 2.82. The van der Waals surface area contributed by atoms with Crippen LogP contribution in [0.3, 0.4) is 0 Å². The van der Waals surface area contributed by atoms with Crippen LogP contribution in [0.4, 0.5) is 5.13 Å². The first-order valence-corrected chi connectivity index (χ1v) is 7.04. The summed E-state index contributed by atoms with van der Waals surface area (Å²) >= 11 is 1.39. The summed E-state index contributed by atoms with van der Waals surface area (Å²) in [5, 5.41) is 2.41. The molecule has 0 spiro atoms. The van der Waals surface area contributed by atoms with E-state index in [-0.39, 0.29) is 5.91 Å². The van der Waals surface area contributed by atoms with Crippen LogP contribution in [-0.2, 0) is 11.2 Å². The van der Waals surface area contributed by atoms with E-state index in [0.717, 1.165) is 37.5 Å². The molecule has 5 heteroatoms. The monoisotopic (exact) mass is 253 g/mol. The lowest BCUT2D eigenvalue weighted by Gasteiger charge is -2.31. The summed E-state index contributed by atoms with van der Waals surface area (Å²) in [7, 11) is 0. The van der Waals surface area contributed by atoms with Gasteiger partial charge in [-0.15, -0.1) is 11.3 Å². The Kier molecular flexibility index (Phi) is 3.99. The average molecular weight is 253 g/mol. The molecule has 2 rings (SSSR count). The topological polar surface area (TPSA) is 59.2 Å². The molecule has 1 aromatic heterocycles. The van der Waals surface area contributed by atoms with E-state index >= 15 is 0 Å². The maximum atomic E-state index is 12.0. The molecule has 1 fully saturated rings. The molecule has 2 N–H and O–H groups in total. The first kappa shape index (κ1) is 12.4. The van der Waals surface area contributed by atoms with E-state index in [1.165, 1.54) is 17.8 Å². The van der Waals surface area contributed by atoms with Gasteiger partial charge in [-0.1, -0.05) is 13.3 Å². The lowest BCUT2D eigenvalue weighted by atomic mass is 9.94. The van der Waals surface area contributed by atoms with Gasteiger partial charge in [0.15, 0.2) is 5.13 Å². The molecule has 0 saturated carbocycles. The van der Waals surface area contributed by atoms with Crippen molar-refractivity contribution >= 4 is 22.4 Å². The number of nitrogens with zero attached hydrogens (tertiary/aromatic N) is 2. The zero-order valence-electron chi connectivity index (χ0n) is 10.2. The van der Waals surface area contributed by atoms with Gasteiger partial charge in [-0.05, 0) is 18.8 Å². The number of carbonyl (C=O) groups excluding carboxylic acids is 1. The number of likely N-dealkylation sites (tertiary alicyclic amines) is 1. The number of aromatic nitrogens is 1. The molecule has 0 aromatic carbocycles. The first-order chi connectivity index (χ1) is 8.19. The van der Waals surface area contributed by atoms with Crippen molar-refractivity contribution in [2.45, 2.75) is 32.6 Å². The van der Waals surface area contributed by atoms with Crippen LogP contribution in [0.1, 0.15) is 31.9 Å². The van der Waals surface area contributed by atoms with Crippen molar-refractivity contribution in [1.82, 2.24) is 9.88 Å². The number of piperidine rings is 1. The van der Waals surface area contributed by atoms with Crippen molar-refractivity contribution in [1.29, 1.82) is 0 Å². The fourth-order valence-electron chi connectivity index (χ4n) is 2.26. The van der Waals surface area contributed by atoms with Gasteiger partial charge >= 0.3 is 0 Å². The first-order valence-electron chi connectivity index (χ1n) is 6.16. The van der Waals surface area contributed by atoms with Crippen molar-refractivity contribution in [2.75, 3.05) is 18.8 Å². The van der Waals surface area contributed by atoms with Crippen LogP contribution < -0.4 is 5.73 Å². The molecule has 2 heterocycles. The van der Waals surface area contributed by atoms with Gasteiger partial charge in [-0.3, -0.25) is 4.79 Å². The Morgan fingerprint density at radius 3 is 2.82 bits per heavy atom. The lowest BCUT2D eigenvalue weighted by molar-refractivity contribution is -0.131. The molecule has 1 aliphatic heterocycles. The zero-order valence-corrected chi connectivity index (χ0v) is 11.0. The number of thiazole rings is 1. The number of rotatable bonds is 3. The minimum atomic E-state index is 0.185. The van der Waals surface area contributed by atoms with Gasteiger partial charge in [-0.2, -0.15) is 0 Å². The van der Waals surface area contributed by atoms with E-state index in [2.05, 4.69) is 11.9 Å². The predicted octanol–water partition coefficient (Wildman–Crippen LogP) is 1.92. The van der Waals surface area contributed by atoms with Crippen LogP contribution in [-0.4, -0.2) is 28.9 Å². The molecular weight excluding hydrogens is 234 g/mol. The van der Waals surface area contributed by atoms with Gasteiger partial charge in [0.1, 0.15) is 0 Å². The van der Waals surface area contributed by atoms with Crippen LogP contribution in [0.5, 0.6) is 0 Å². The van der Waals surface area contributed by atoms with Gasteiger partial charge < -0.3 is 10.6 Å². The Balaban J connectivity index is 1.85. The third-order valence-electron chi connectivity index (χ3n) is 3.45. The maximum Gasteiger partial charge on any atom is 0.228 e. The molecule has 4 nitrogen and oxygen atoms in total. The Morgan fingerprint density at radius 1 is 1.59 bits per heavy atom. The number of anilines is 1. The van der Waals surface area contributed by atoms with Crippen molar-refractivity contribution in [3.8, 4) is 0 Å². The van der Waals surface area contributed by atoms with E-state index < -0.39 is 0 Å². The second-order valence-corrected chi connectivity index (χ2v) is 5.48. The predicted molar refractivity (Wildman–Crippen MR) is 69.8 cm³/mol. The van der Waals surface area contributed by atoms with Crippen LogP contribution in [0.25, 0.3) is 0 Å². The second-order valence-electron chi connectivity index (χ2n) is 4.59. The van der Waals surface area contributed by atoms with Crippen LogP contribution >= 0.6 is 11.3 Å². The van der Waals surface area contributed by atoms with Gasteiger partial charge in [0.2, 0.25) is 5.91 Å². The van der Waals surface area contributed by atoms with Gasteiger partial charge in [-0.25, -0.2) is 4.98 Å². The van der Waals surface area contributed by atoms with E-state index in [1.54, 1.807) is 0 Å². The summed E-state index contributed by atoms with van der Waals surface area (Å²) in [5.74, 6) is 0.985. The highest BCUT2D eigenvalue weighted by molar-refractivity contribution is 7.13. The molecule has 1 aliphatic rings. The van der Waals surface area contributed by atoms with E-state index in [1.807, 2.05) is 10.3 Å². The average Bonchev–Trinajstić information content (AvgIpc) is 2.75. The second kappa shape index (κ2) is 5.49. The Bertz CT molecular complexity index is 383. The molecule has 0 atom stereocenters. The summed E-state index contributed by atoms with van der Waals surface area (Å²) in [6.45, 7) is 4.02.